The van der Waals surface area contributed by atoms with Crippen molar-refractivity contribution in [1.29, 1.82) is 0 Å². The number of pyridine rings is 1. The third kappa shape index (κ3) is 4.81. The lowest BCUT2D eigenvalue weighted by molar-refractivity contribution is -0.180. The van der Waals surface area contributed by atoms with Crippen LogP contribution >= 0.6 is 0 Å². The number of aromatic nitrogens is 3. The number of halogens is 3. The number of carbonyl (C=O) groups excluding carboxylic acids is 1. The van der Waals surface area contributed by atoms with Gasteiger partial charge in [-0.05, 0) is 94.2 Å². The number of likely N-dealkylation sites (tertiary alicyclic amines) is 2. The van der Waals surface area contributed by atoms with E-state index in [4.69, 9.17) is 0 Å². The molecule has 8 nitrogen and oxygen atoms in total. The molecule has 2 saturated heterocycles. The van der Waals surface area contributed by atoms with E-state index in [-0.39, 0.29) is 22.9 Å². The molecule has 45 heavy (non-hydrogen) atoms. The number of hydrogen-bond acceptors (Lipinski definition) is 7. The average molecular weight is 619 g/mol. The zero-order chi connectivity index (χ0) is 31.0. The summed E-state index contributed by atoms with van der Waals surface area (Å²) < 4.78 is 39.5. The van der Waals surface area contributed by atoms with E-state index in [1.54, 1.807) is 30.7 Å². The highest BCUT2D eigenvalue weighted by Crippen LogP contribution is 2.69. The fourth-order valence-corrected chi connectivity index (χ4v) is 9.17. The summed E-state index contributed by atoms with van der Waals surface area (Å²) in [4.78, 5) is 31.7. The molecule has 0 radical (unpaired) electrons. The van der Waals surface area contributed by atoms with Crippen molar-refractivity contribution in [2.75, 3.05) is 18.4 Å². The first-order valence-corrected chi connectivity index (χ1v) is 16.1. The van der Waals surface area contributed by atoms with Crippen molar-refractivity contribution in [2.24, 2.45) is 5.41 Å². The van der Waals surface area contributed by atoms with E-state index in [9.17, 15) is 23.1 Å². The van der Waals surface area contributed by atoms with Gasteiger partial charge in [0.1, 0.15) is 5.60 Å². The monoisotopic (exact) mass is 618 g/mol. The Morgan fingerprint density at radius 3 is 2.33 bits per heavy atom. The predicted molar refractivity (Wildman–Crippen MR) is 161 cm³/mol. The summed E-state index contributed by atoms with van der Waals surface area (Å²) in [6.07, 6.45) is 7.78. The van der Waals surface area contributed by atoms with Gasteiger partial charge in [-0.2, -0.15) is 13.2 Å². The second kappa shape index (κ2) is 10.2. The first-order chi connectivity index (χ1) is 21.6. The van der Waals surface area contributed by atoms with Crippen LogP contribution in [0.15, 0.2) is 61.1 Å². The van der Waals surface area contributed by atoms with Gasteiger partial charge in [-0.3, -0.25) is 14.7 Å². The van der Waals surface area contributed by atoms with E-state index in [2.05, 4.69) is 30.1 Å². The smallest absolute Gasteiger partial charge is 0.384 e. The molecule has 2 bridgehead atoms. The number of benzene rings is 1. The zero-order valence-corrected chi connectivity index (χ0v) is 25.0. The zero-order valence-electron chi connectivity index (χ0n) is 25.0. The predicted octanol–water partition coefficient (Wildman–Crippen LogP) is 5.40. The summed E-state index contributed by atoms with van der Waals surface area (Å²) in [6, 6.07) is 11.9. The molecule has 9 rings (SSSR count). The first-order valence-electron chi connectivity index (χ1n) is 16.1. The van der Waals surface area contributed by atoms with Gasteiger partial charge >= 0.3 is 6.18 Å². The number of nitrogens with one attached hydrogen (secondary N) is 1. The van der Waals surface area contributed by atoms with Gasteiger partial charge in [-0.1, -0.05) is 6.07 Å². The van der Waals surface area contributed by atoms with Crippen molar-refractivity contribution in [1.82, 2.24) is 24.8 Å². The molecule has 1 amide bonds. The molecular weight excluding hydrogens is 581 g/mol. The van der Waals surface area contributed by atoms with Gasteiger partial charge in [0.25, 0.3) is 0 Å². The molecule has 236 valence electrons. The van der Waals surface area contributed by atoms with Crippen LogP contribution in [-0.4, -0.2) is 72.5 Å². The Morgan fingerprint density at radius 2 is 1.64 bits per heavy atom. The molecule has 6 aliphatic rings. The van der Waals surface area contributed by atoms with E-state index in [0.29, 0.717) is 61.4 Å². The van der Waals surface area contributed by atoms with Crippen molar-refractivity contribution in [3.63, 3.8) is 0 Å². The molecule has 6 fully saturated rings. The molecule has 1 aromatic carbocycles. The first kappa shape index (κ1) is 28.9. The number of fused-ring (bicyclic) bond motifs is 1. The van der Waals surface area contributed by atoms with E-state index < -0.39 is 17.3 Å². The van der Waals surface area contributed by atoms with Gasteiger partial charge < -0.3 is 15.3 Å². The van der Waals surface area contributed by atoms with E-state index in [1.165, 1.54) is 6.07 Å². The molecule has 2 aromatic heterocycles. The highest BCUT2D eigenvalue weighted by molar-refractivity contribution is 5.88. The minimum absolute atomic E-state index is 0.217. The minimum atomic E-state index is -4.38. The maximum absolute atomic E-state index is 13.8. The lowest BCUT2D eigenvalue weighted by Crippen LogP contribution is -2.75. The Labute approximate surface area is 260 Å². The maximum Gasteiger partial charge on any atom is 0.416 e. The highest BCUT2D eigenvalue weighted by Gasteiger charge is 2.73. The third-order valence-corrected chi connectivity index (χ3v) is 11.3. The van der Waals surface area contributed by atoms with Gasteiger partial charge in [-0.25, -0.2) is 9.97 Å². The normalized spacial score (nSPS) is 34.1. The number of hydrogen-bond donors (Lipinski definition) is 2. The van der Waals surface area contributed by atoms with Gasteiger partial charge in [-0.15, -0.1) is 0 Å². The summed E-state index contributed by atoms with van der Waals surface area (Å²) in [5, 5.41) is 14.9. The van der Waals surface area contributed by atoms with Crippen LogP contribution in [0.4, 0.5) is 18.9 Å². The molecule has 4 aliphatic carbocycles. The van der Waals surface area contributed by atoms with Crippen LogP contribution in [0.25, 0.3) is 11.4 Å². The Balaban J connectivity index is 0.859. The van der Waals surface area contributed by atoms with Crippen molar-refractivity contribution in [2.45, 2.75) is 93.2 Å². The highest BCUT2D eigenvalue weighted by atomic mass is 19.4. The number of alkyl halides is 3. The molecule has 2 N–H and O–H groups in total. The molecule has 4 heterocycles. The number of nitrogens with zero attached hydrogens (tertiary/aromatic N) is 5. The third-order valence-electron chi connectivity index (χ3n) is 11.3. The molecule has 2 atom stereocenters. The molecule has 3 aromatic rings. The summed E-state index contributed by atoms with van der Waals surface area (Å²) in [7, 11) is 0. The largest absolute Gasteiger partial charge is 0.416 e. The Bertz CT molecular complexity index is 1570. The fraction of sp³-hybridized carbons (Fsp3) is 0.529. The molecule has 2 aliphatic heterocycles. The lowest BCUT2D eigenvalue weighted by Gasteiger charge is -2.70. The Hall–Kier alpha value is -3.57. The SMILES string of the molecule is O=C(N1CCC2C1CCN2[C@H]1CC[C@](O)(c2ccc(-c3ncccn3)cn2)CC1)C12CC(Nc3cccc(C(F)(F)F)c3)(C1)C2. The topological polar surface area (TPSA) is 94.5 Å². The summed E-state index contributed by atoms with van der Waals surface area (Å²) in [5.74, 6) is 0.846. The quantitative estimate of drug-likeness (QED) is 0.382. The van der Waals surface area contributed by atoms with Gasteiger partial charge in [0.2, 0.25) is 5.91 Å². The van der Waals surface area contributed by atoms with Crippen LogP contribution in [0.2, 0.25) is 0 Å². The van der Waals surface area contributed by atoms with Crippen LogP contribution in [0.3, 0.4) is 0 Å². The average Bonchev–Trinajstić information content (AvgIpc) is 3.62. The summed E-state index contributed by atoms with van der Waals surface area (Å²) in [5.41, 5.74) is -0.278. The van der Waals surface area contributed by atoms with Crippen LogP contribution in [0.1, 0.15) is 69.0 Å². The van der Waals surface area contributed by atoms with Crippen LogP contribution in [0, 0.1) is 5.41 Å². The summed E-state index contributed by atoms with van der Waals surface area (Å²) in [6.45, 7) is 1.72. The van der Waals surface area contributed by atoms with Crippen LogP contribution < -0.4 is 5.32 Å². The van der Waals surface area contributed by atoms with Gasteiger partial charge in [0.15, 0.2) is 5.82 Å². The van der Waals surface area contributed by atoms with E-state index in [1.807, 2.05) is 12.1 Å². The number of carbonyl (C=O) groups is 1. The second-order valence-corrected chi connectivity index (χ2v) is 14.0. The minimum Gasteiger partial charge on any atom is -0.384 e. The van der Waals surface area contributed by atoms with Crippen molar-refractivity contribution < 1.29 is 23.1 Å². The van der Waals surface area contributed by atoms with E-state index in [0.717, 1.165) is 56.5 Å². The lowest BCUT2D eigenvalue weighted by atomic mass is 9.39. The second-order valence-electron chi connectivity index (χ2n) is 14.0. The van der Waals surface area contributed by atoms with Crippen molar-refractivity contribution >= 4 is 11.6 Å². The number of amides is 1. The van der Waals surface area contributed by atoms with Gasteiger partial charge in [0, 0.05) is 66.6 Å². The Morgan fingerprint density at radius 1 is 0.911 bits per heavy atom. The molecule has 11 heteroatoms. The van der Waals surface area contributed by atoms with Crippen molar-refractivity contribution in [3.8, 4) is 11.4 Å². The molecule has 4 saturated carbocycles. The standard InChI is InChI=1S/C34H37F3N6O2/c35-34(36,37)23-3-1-4-24(17-23)41-32-19-31(20-32,21-32)30(44)43-16-10-26-27(43)9-15-42(26)25-7-11-33(45,12-8-25)28-6-5-22(18-40-28)29-38-13-2-14-39-29/h1-6,13-14,17-18,25-27,41,45H,7-12,15-16,19-21H2/t25-,26?,27?,31?,32?,33+. The molecule has 2 unspecified atom stereocenters. The molecule has 0 spiro atoms. The van der Waals surface area contributed by atoms with Crippen LogP contribution in [0.5, 0.6) is 0 Å². The van der Waals surface area contributed by atoms with Crippen molar-refractivity contribution in [3.05, 3.63) is 72.3 Å². The van der Waals surface area contributed by atoms with Crippen LogP contribution in [-0.2, 0) is 16.6 Å². The maximum atomic E-state index is 13.8. The number of rotatable bonds is 6. The number of aliphatic hydroxyl groups is 1. The summed E-state index contributed by atoms with van der Waals surface area (Å²) >= 11 is 0. The van der Waals surface area contributed by atoms with Gasteiger partial charge in [0.05, 0.1) is 16.7 Å². The molecular formula is C34H37F3N6O2. The van der Waals surface area contributed by atoms with E-state index >= 15 is 0 Å². The number of anilines is 1. The fourth-order valence-electron chi connectivity index (χ4n) is 9.17. The Kier molecular flexibility index (Phi) is 6.56.